The molecule has 0 radical (unpaired) electrons. The predicted octanol–water partition coefficient (Wildman–Crippen LogP) is 1.40. The summed E-state index contributed by atoms with van der Waals surface area (Å²) < 4.78 is 4.88. The van der Waals surface area contributed by atoms with Gasteiger partial charge in [-0.1, -0.05) is 19.3 Å². The molecule has 1 heterocycles. The number of likely N-dealkylation sites (tertiary alicyclic amines) is 1. The van der Waals surface area contributed by atoms with E-state index in [0.29, 0.717) is 0 Å². The van der Waals surface area contributed by atoms with Gasteiger partial charge in [-0.25, -0.2) is 0 Å². The lowest BCUT2D eigenvalue weighted by Gasteiger charge is -2.34. The van der Waals surface area contributed by atoms with Gasteiger partial charge in [0.25, 0.3) is 0 Å². The molecule has 1 aliphatic heterocycles. The maximum Gasteiger partial charge on any atom is 0.327 e. The molecule has 0 amide bonds. The van der Waals surface area contributed by atoms with E-state index in [9.17, 15) is 4.79 Å². The normalized spacial score (nSPS) is 22.3. The van der Waals surface area contributed by atoms with Gasteiger partial charge in [0.2, 0.25) is 0 Å². The van der Waals surface area contributed by atoms with Gasteiger partial charge >= 0.3 is 5.97 Å². The van der Waals surface area contributed by atoms with Crippen molar-refractivity contribution in [3.05, 3.63) is 0 Å². The molecule has 4 nitrogen and oxygen atoms in total. The van der Waals surface area contributed by atoms with Crippen LogP contribution >= 0.6 is 0 Å². The average molecular weight is 242 g/mol. The van der Waals surface area contributed by atoms with Crippen LogP contribution < -0.4 is 5.32 Å². The monoisotopic (exact) mass is 242 g/mol. The maximum absolute atomic E-state index is 11.8. The molecule has 4 heteroatoms. The Hall–Kier alpha value is -0.610. The highest BCUT2D eigenvalue weighted by atomic mass is 16.5. The van der Waals surface area contributed by atoms with Gasteiger partial charge in [-0.3, -0.25) is 4.79 Å². The largest absolute Gasteiger partial charge is 0.468 e. The zero-order valence-electron chi connectivity index (χ0n) is 11.4. The van der Waals surface area contributed by atoms with Crippen molar-refractivity contribution in [3.8, 4) is 0 Å². The summed E-state index contributed by atoms with van der Waals surface area (Å²) in [6, 6.07) is 0. The fourth-order valence-electron chi connectivity index (χ4n) is 2.39. The second kappa shape index (κ2) is 6.97. The minimum absolute atomic E-state index is 0.179. The number of ether oxygens (including phenoxy) is 1. The quantitative estimate of drug-likeness (QED) is 0.757. The van der Waals surface area contributed by atoms with E-state index in [4.69, 9.17) is 4.74 Å². The smallest absolute Gasteiger partial charge is 0.327 e. The molecule has 0 saturated carbocycles. The first-order valence-electron chi connectivity index (χ1n) is 6.62. The van der Waals surface area contributed by atoms with Crippen molar-refractivity contribution in [2.75, 3.05) is 33.8 Å². The van der Waals surface area contributed by atoms with Gasteiger partial charge < -0.3 is 15.0 Å². The van der Waals surface area contributed by atoms with Gasteiger partial charge in [0.15, 0.2) is 0 Å². The Morgan fingerprint density at radius 1 is 1.24 bits per heavy atom. The molecule has 1 atom stereocenters. The molecule has 17 heavy (non-hydrogen) atoms. The molecule has 0 spiro atoms. The summed E-state index contributed by atoms with van der Waals surface area (Å²) in [7, 11) is 3.27. The molecule has 0 aliphatic carbocycles. The average Bonchev–Trinajstić information content (AvgIpc) is 2.31. The predicted molar refractivity (Wildman–Crippen MR) is 69.0 cm³/mol. The molecular weight excluding hydrogens is 216 g/mol. The summed E-state index contributed by atoms with van der Waals surface area (Å²) in [6.45, 7) is 4.83. The summed E-state index contributed by atoms with van der Waals surface area (Å²) in [5.74, 6) is -0.179. The second-order valence-electron chi connectivity index (χ2n) is 5.12. The van der Waals surface area contributed by atoms with Crippen molar-refractivity contribution in [1.82, 2.24) is 10.2 Å². The summed E-state index contributed by atoms with van der Waals surface area (Å²) in [5, 5.41) is 3.10. The van der Waals surface area contributed by atoms with Gasteiger partial charge in [0, 0.05) is 6.54 Å². The zero-order chi connectivity index (χ0) is 12.7. The minimum Gasteiger partial charge on any atom is -0.468 e. The Bertz CT molecular complexity index is 238. The van der Waals surface area contributed by atoms with Crippen LogP contribution in [0.2, 0.25) is 0 Å². The fraction of sp³-hybridized carbons (Fsp3) is 0.923. The van der Waals surface area contributed by atoms with Crippen molar-refractivity contribution in [2.24, 2.45) is 0 Å². The van der Waals surface area contributed by atoms with Crippen molar-refractivity contribution < 1.29 is 9.53 Å². The number of esters is 1. The van der Waals surface area contributed by atoms with Gasteiger partial charge in [-0.2, -0.15) is 0 Å². The lowest BCUT2D eigenvalue weighted by atomic mass is 10.0. The zero-order valence-corrected chi connectivity index (χ0v) is 11.4. The molecule has 1 fully saturated rings. The van der Waals surface area contributed by atoms with Crippen LogP contribution in [-0.4, -0.2) is 50.2 Å². The van der Waals surface area contributed by atoms with Crippen molar-refractivity contribution in [1.29, 1.82) is 0 Å². The molecule has 1 rings (SSSR count). The minimum atomic E-state index is -0.589. The molecule has 0 aromatic rings. The Balaban J connectivity index is 2.55. The molecular formula is C13H26N2O2. The number of likely N-dealkylation sites (N-methyl/N-ethyl adjacent to an activating group) is 1. The van der Waals surface area contributed by atoms with Crippen LogP contribution in [0.1, 0.15) is 39.0 Å². The first kappa shape index (κ1) is 14.5. The van der Waals surface area contributed by atoms with E-state index in [1.807, 2.05) is 14.0 Å². The third kappa shape index (κ3) is 4.28. The first-order valence-corrected chi connectivity index (χ1v) is 6.62. The van der Waals surface area contributed by atoms with E-state index >= 15 is 0 Å². The van der Waals surface area contributed by atoms with E-state index in [2.05, 4.69) is 10.2 Å². The van der Waals surface area contributed by atoms with Crippen LogP contribution in [-0.2, 0) is 9.53 Å². The molecule has 1 N–H and O–H groups in total. The maximum atomic E-state index is 11.8. The lowest BCUT2D eigenvalue weighted by Crippen LogP contribution is -2.56. The number of nitrogens with zero attached hydrogens (tertiary/aromatic N) is 1. The van der Waals surface area contributed by atoms with Crippen LogP contribution in [0.3, 0.4) is 0 Å². The van der Waals surface area contributed by atoms with Gasteiger partial charge in [-0.15, -0.1) is 0 Å². The molecule has 1 unspecified atom stereocenters. The second-order valence-corrected chi connectivity index (χ2v) is 5.12. The van der Waals surface area contributed by atoms with Crippen LogP contribution in [0, 0.1) is 0 Å². The highest BCUT2D eigenvalue weighted by Crippen LogP contribution is 2.14. The standard InChI is InChI=1S/C13H26N2O2/c1-13(14-2,12(16)17-3)11-15-9-7-5-4-6-8-10-15/h14H,4-11H2,1-3H3. The summed E-state index contributed by atoms with van der Waals surface area (Å²) in [6.07, 6.45) is 6.45. The number of carbonyl (C=O) groups is 1. The molecule has 0 aromatic heterocycles. The third-order valence-electron chi connectivity index (χ3n) is 3.68. The van der Waals surface area contributed by atoms with E-state index in [0.717, 1.165) is 19.6 Å². The lowest BCUT2D eigenvalue weighted by molar-refractivity contribution is -0.148. The molecule has 100 valence electrons. The summed E-state index contributed by atoms with van der Waals surface area (Å²) >= 11 is 0. The van der Waals surface area contributed by atoms with Crippen molar-refractivity contribution in [3.63, 3.8) is 0 Å². The highest BCUT2D eigenvalue weighted by Gasteiger charge is 2.34. The van der Waals surface area contributed by atoms with E-state index in [1.165, 1.54) is 39.2 Å². The molecule has 0 bridgehead atoms. The van der Waals surface area contributed by atoms with Crippen LogP contribution in [0.25, 0.3) is 0 Å². The Morgan fingerprint density at radius 3 is 2.24 bits per heavy atom. The highest BCUT2D eigenvalue weighted by molar-refractivity contribution is 5.80. The number of hydrogen-bond acceptors (Lipinski definition) is 4. The number of rotatable bonds is 4. The SMILES string of the molecule is CNC(C)(CN1CCCCCCC1)C(=O)OC. The fourth-order valence-corrected chi connectivity index (χ4v) is 2.39. The number of hydrogen-bond donors (Lipinski definition) is 1. The molecule has 1 aliphatic rings. The van der Waals surface area contributed by atoms with E-state index in [1.54, 1.807) is 0 Å². The van der Waals surface area contributed by atoms with Crippen LogP contribution in [0.15, 0.2) is 0 Å². The Kier molecular flexibility index (Phi) is 5.92. The van der Waals surface area contributed by atoms with Crippen molar-refractivity contribution >= 4 is 5.97 Å². The van der Waals surface area contributed by atoms with Gasteiger partial charge in [0.05, 0.1) is 7.11 Å². The van der Waals surface area contributed by atoms with Crippen LogP contribution in [0.4, 0.5) is 0 Å². The van der Waals surface area contributed by atoms with E-state index in [-0.39, 0.29) is 5.97 Å². The third-order valence-corrected chi connectivity index (χ3v) is 3.68. The van der Waals surface area contributed by atoms with Gasteiger partial charge in [-0.05, 0) is 39.9 Å². The molecule has 0 aromatic carbocycles. The number of carbonyl (C=O) groups excluding carboxylic acids is 1. The Morgan fingerprint density at radius 2 is 1.76 bits per heavy atom. The number of nitrogens with one attached hydrogen (secondary N) is 1. The summed E-state index contributed by atoms with van der Waals surface area (Å²) in [4.78, 5) is 14.2. The van der Waals surface area contributed by atoms with Crippen LogP contribution in [0.5, 0.6) is 0 Å². The number of methoxy groups -OCH3 is 1. The topological polar surface area (TPSA) is 41.6 Å². The summed E-state index contributed by atoms with van der Waals surface area (Å²) in [5.41, 5.74) is -0.589. The first-order chi connectivity index (χ1) is 8.12. The van der Waals surface area contributed by atoms with E-state index < -0.39 is 5.54 Å². The Labute approximate surface area is 105 Å². The van der Waals surface area contributed by atoms with Gasteiger partial charge in [0.1, 0.15) is 5.54 Å². The van der Waals surface area contributed by atoms with Crippen molar-refractivity contribution in [2.45, 2.75) is 44.6 Å². The molecule has 1 saturated heterocycles.